The summed E-state index contributed by atoms with van der Waals surface area (Å²) in [5.41, 5.74) is 6.99. The molecule has 0 bridgehead atoms. The van der Waals surface area contributed by atoms with Gasteiger partial charge in [0.15, 0.2) is 0 Å². The molecule has 20 heavy (non-hydrogen) atoms. The molecule has 0 atom stereocenters. The Morgan fingerprint density at radius 1 is 1.20 bits per heavy atom. The van der Waals surface area contributed by atoms with E-state index in [9.17, 15) is 9.90 Å². The van der Waals surface area contributed by atoms with Gasteiger partial charge in [0.05, 0.1) is 5.56 Å². The van der Waals surface area contributed by atoms with Crippen molar-refractivity contribution in [3.8, 4) is 5.75 Å². The molecule has 1 amide bonds. The first-order valence-electron chi connectivity index (χ1n) is 5.78. The minimum Gasteiger partial charge on any atom is -0.507 e. The highest BCUT2D eigenvalue weighted by molar-refractivity contribution is 6.31. The standard InChI is InChI=1S/C14H12Cl2N2O2/c15-9-2-4-13(19)11(5-9)14(20)18-7-8-1-3-10(17)6-12(8)16/h1-6,19H,7,17H2,(H,18,20). The zero-order valence-corrected chi connectivity index (χ0v) is 11.9. The molecule has 104 valence electrons. The number of rotatable bonds is 3. The quantitative estimate of drug-likeness (QED) is 0.762. The number of phenolic OH excluding ortho intramolecular Hbond substituents is 1. The van der Waals surface area contributed by atoms with Gasteiger partial charge in [0, 0.05) is 22.3 Å². The molecule has 2 rings (SSSR count). The van der Waals surface area contributed by atoms with Gasteiger partial charge < -0.3 is 16.2 Å². The van der Waals surface area contributed by atoms with Crippen LogP contribution in [0.3, 0.4) is 0 Å². The highest BCUT2D eigenvalue weighted by Gasteiger charge is 2.12. The fourth-order valence-corrected chi connectivity index (χ4v) is 2.10. The maximum Gasteiger partial charge on any atom is 0.255 e. The lowest BCUT2D eigenvalue weighted by Gasteiger charge is -2.09. The van der Waals surface area contributed by atoms with Crippen molar-refractivity contribution < 1.29 is 9.90 Å². The molecular weight excluding hydrogens is 299 g/mol. The Bertz CT molecular complexity index is 660. The average Bonchev–Trinajstić information content (AvgIpc) is 2.40. The van der Waals surface area contributed by atoms with Crippen LogP contribution in [-0.2, 0) is 6.54 Å². The van der Waals surface area contributed by atoms with Crippen molar-refractivity contribution in [2.75, 3.05) is 5.73 Å². The van der Waals surface area contributed by atoms with Gasteiger partial charge in [-0.2, -0.15) is 0 Å². The molecule has 0 saturated carbocycles. The summed E-state index contributed by atoms with van der Waals surface area (Å²) in [6, 6.07) is 9.31. The number of halogens is 2. The Balaban J connectivity index is 2.10. The lowest BCUT2D eigenvalue weighted by atomic mass is 10.1. The lowest BCUT2D eigenvalue weighted by molar-refractivity contribution is 0.0948. The van der Waals surface area contributed by atoms with E-state index in [2.05, 4.69) is 5.32 Å². The predicted octanol–water partition coefficient (Wildman–Crippen LogP) is 3.21. The van der Waals surface area contributed by atoms with E-state index in [0.717, 1.165) is 5.56 Å². The number of nitrogens with two attached hydrogens (primary N) is 1. The molecule has 0 aliphatic heterocycles. The topological polar surface area (TPSA) is 75.3 Å². The molecule has 4 N–H and O–H groups in total. The summed E-state index contributed by atoms with van der Waals surface area (Å²) in [6.45, 7) is 0.226. The van der Waals surface area contributed by atoms with Crippen LogP contribution in [0.2, 0.25) is 10.0 Å². The van der Waals surface area contributed by atoms with Crippen molar-refractivity contribution in [2.24, 2.45) is 0 Å². The van der Waals surface area contributed by atoms with Crippen molar-refractivity contribution in [1.82, 2.24) is 5.32 Å². The number of phenols is 1. The number of nitrogens with one attached hydrogen (secondary N) is 1. The van der Waals surface area contributed by atoms with Crippen molar-refractivity contribution in [3.05, 3.63) is 57.6 Å². The summed E-state index contributed by atoms with van der Waals surface area (Å²) in [5.74, 6) is -0.562. The van der Waals surface area contributed by atoms with Crippen LogP contribution in [0.25, 0.3) is 0 Å². The third kappa shape index (κ3) is 3.35. The van der Waals surface area contributed by atoms with E-state index in [1.165, 1.54) is 18.2 Å². The van der Waals surface area contributed by atoms with Crippen molar-refractivity contribution in [2.45, 2.75) is 6.54 Å². The summed E-state index contributed by atoms with van der Waals surface area (Å²) < 4.78 is 0. The number of anilines is 1. The Hall–Kier alpha value is -1.91. The number of carbonyl (C=O) groups is 1. The van der Waals surface area contributed by atoms with Gasteiger partial charge in [0.2, 0.25) is 0 Å². The second-order valence-electron chi connectivity index (χ2n) is 4.19. The molecule has 0 heterocycles. The Labute approximate surface area is 126 Å². The smallest absolute Gasteiger partial charge is 0.255 e. The molecule has 0 aliphatic carbocycles. The van der Waals surface area contributed by atoms with E-state index in [-0.39, 0.29) is 17.9 Å². The highest BCUT2D eigenvalue weighted by Crippen LogP contribution is 2.22. The molecule has 0 unspecified atom stereocenters. The van der Waals surface area contributed by atoms with Crippen LogP contribution in [0.1, 0.15) is 15.9 Å². The zero-order chi connectivity index (χ0) is 14.7. The second kappa shape index (κ2) is 6.03. The van der Waals surface area contributed by atoms with Crippen LogP contribution in [0, 0.1) is 0 Å². The van der Waals surface area contributed by atoms with Gasteiger partial charge in [-0.05, 0) is 35.9 Å². The SMILES string of the molecule is Nc1ccc(CNC(=O)c2cc(Cl)ccc2O)c(Cl)c1. The minimum absolute atomic E-state index is 0.115. The number of benzene rings is 2. The molecule has 0 aromatic heterocycles. The van der Waals surface area contributed by atoms with Crippen LogP contribution in [0.4, 0.5) is 5.69 Å². The second-order valence-corrected chi connectivity index (χ2v) is 5.04. The number of carbonyl (C=O) groups excluding carboxylic acids is 1. The molecule has 0 radical (unpaired) electrons. The normalized spacial score (nSPS) is 10.3. The van der Waals surface area contributed by atoms with E-state index in [0.29, 0.717) is 15.7 Å². The van der Waals surface area contributed by atoms with Gasteiger partial charge in [-0.1, -0.05) is 29.3 Å². The van der Waals surface area contributed by atoms with Gasteiger partial charge in [-0.15, -0.1) is 0 Å². The summed E-state index contributed by atoms with van der Waals surface area (Å²) in [4.78, 5) is 12.0. The van der Waals surface area contributed by atoms with Crippen LogP contribution in [-0.4, -0.2) is 11.0 Å². The predicted molar refractivity (Wildman–Crippen MR) is 80.2 cm³/mol. The Morgan fingerprint density at radius 2 is 1.95 bits per heavy atom. The molecule has 0 fully saturated rings. The largest absolute Gasteiger partial charge is 0.507 e. The van der Waals surface area contributed by atoms with Crippen LogP contribution in [0.5, 0.6) is 5.75 Å². The molecule has 0 aliphatic rings. The van der Waals surface area contributed by atoms with E-state index < -0.39 is 5.91 Å². The maximum absolute atomic E-state index is 12.0. The van der Waals surface area contributed by atoms with Gasteiger partial charge in [0.25, 0.3) is 5.91 Å². The molecule has 2 aromatic carbocycles. The maximum atomic E-state index is 12.0. The van der Waals surface area contributed by atoms with Crippen molar-refractivity contribution >= 4 is 34.8 Å². The highest BCUT2D eigenvalue weighted by atomic mass is 35.5. The number of amides is 1. The summed E-state index contributed by atoms with van der Waals surface area (Å²) in [5, 5.41) is 13.1. The van der Waals surface area contributed by atoms with Gasteiger partial charge in [0.1, 0.15) is 5.75 Å². The molecule has 6 heteroatoms. The number of aromatic hydroxyl groups is 1. The first-order chi connectivity index (χ1) is 9.47. The van der Waals surface area contributed by atoms with E-state index in [1.54, 1.807) is 18.2 Å². The van der Waals surface area contributed by atoms with E-state index >= 15 is 0 Å². The first kappa shape index (κ1) is 14.5. The molecule has 0 saturated heterocycles. The zero-order valence-electron chi connectivity index (χ0n) is 10.4. The summed E-state index contributed by atoms with van der Waals surface area (Å²) in [6.07, 6.45) is 0. The summed E-state index contributed by atoms with van der Waals surface area (Å²) >= 11 is 11.8. The molecule has 2 aromatic rings. The molecular formula is C14H12Cl2N2O2. The monoisotopic (exact) mass is 310 g/mol. The van der Waals surface area contributed by atoms with Crippen molar-refractivity contribution in [1.29, 1.82) is 0 Å². The molecule has 0 spiro atoms. The van der Waals surface area contributed by atoms with Crippen LogP contribution in [0.15, 0.2) is 36.4 Å². The van der Waals surface area contributed by atoms with Gasteiger partial charge in [-0.25, -0.2) is 0 Å². The third-order valence-electron chi connectivity index (χ3n) is 2.72. The fraction of sp³-hybridized carbons (Fsp3) is 0.0714. The molecule has 4 nitrogen and oxygen atoms in total. The van der Waals surface area contributed by atoms with Gasteiger partial charge in [-0.3, -0.25) is 4.79 Å². The van der Waals surface area contributed by atoms with E-state index in [4.69, 9.17) is 28.9 Å². The minimum atomic E-state index is -0.433. The summed E-state index contributed by atoms with van der Waals surface area (Å²) in [7, 11) is 0. The van der Waals surface area contributed by atoms with E-state index in [1.807, 2.05) is 0 Å². The Morgan fingerprint density at radius 3 is 2.65 bits per heavy atom. The number of hydrogen-bond donors (Lipinski definition) is 3. The van der Waals surface area contributed by atoms with Gasteiger partial charge >= 0.3 is 0 Å². The Kier molecular flexibility index (Phi) is 4.37. The number of hydrogen-bond acceptors (Lipinski definition) is 3. The fourth-order valence-electron chi connectivity index (χ4n) is 1.67. The lowest BCUT2D eigenvalue weighted by Crippen LogP contribution is -2.23. The first-order valence-corrected chi connectivity index (χ1v) is 6.53. The average molecular weight is 311 g/mol. The van der Waals surface area contributed by atoms with Crippen LogP contribution >= 0.6 is 23.2 Å². The van der Waals surface area contributed by atoms with Crippen LogP contribution < -0.4 is 11.1 Å². The van der Waals surface area contributed by atoms with Crippen molar-refractivity contribution in [3.63, 3.8) is 0 Å². The number of nitrogen functional groups attached to an aromatic ring is 1. The third-order valence-corrected chi connectivity index (χ3v) is 3.31.